The molecule has 0 fully saturated rings. The Hall–Kier alpha value is -2.30. The van der Waals surface area contributed by atoms with E-state index in [1.807, 2.05) is 23.7 Å². The van der Waals surface area contributed by atoms with Gasteiger partial charge in [0.25, 0.3) is 0 Å². The zero-order chi connectivity index (χ0) is 17.2. The van der Waals surface area contributed by atoms with Gasteiger partial charge >= 0.3 is 0 Å². The van der Waals surface area contributed by atoms with Gasteiger partial charge in [0.15, 0.2) is 11.0 Å². The molecule has 0 atom stereocenters. The van der Waals surface area contributed by atoms with Crippen molar-refractivity contribution in [2.24, 2.45) is 7.05 Å². The Morgan fingerprint density at radius 1 is 1.24 bits per heavy atom. The highest BCUT2D eigenvalue weighted by atomic mass is 32.2. The number of aromatic nitrogens is 5. The number of hydrogen-bond donors (Lipinski definition) is 1. The second-order valence-electron chi connectivity index (χ2n) is 5.09. The normalized spacial score (nSPS) is 11.1. The first kappa shape index (κ1) is 16.2. The number of amides is 1. The molecule has 0 bridgehead atoms. The van der Waals surface area contributed by atoms with Gasteiger partial charge in [-0.05, 0) is 6.07 Å². The summed E-state index contributed by atoms with van der Waals surface area (Å²) in [6.07, 6.45) is 0. The minimum atomic E-state index is -0.146. The maximum Gasteiger partial charge on any atom is 0.236 e. The fourth-order valence-electron chi connectivity index (χ4n) is 2.34. The number of hydrogen-bond acceptors (Lipinski definition) is 8. The lowest BCUT2D eigenvalue weighted by atomic mass is 10.2. The third-order valence-electron chi connectivity index (χ3n) is 3.50. The van der Waals surface area contributed by atoms with Gasteiger partial charge in [0.05, 0.1) is 5.75 Å². The summed E-state index contributed by atoms with van der Waals surface area (Å²) in [5.74, 6) is 0.882. The Morgan fingerprint density at radius 3 is 2.96 bits per heavy atom. The van der Waals surface area contributed by atoms with Crippen LogP contribution in [0.3, 0.4) is 0 Å². The smallest absolute Gasteiger partial charge is 0.236 e. The minimum Gasteiger partial charge on any atom is -0.305 e. The molecule has 1 amide bonds. The molecule has 0 saturated heterocycles. The van der Waals surface area contributed by atoms with Gasteiger partial charge in [-0.25, -0.2) is 0 Å². The van der Waals surface area contributed by atoms with Crippen LogP contribution < -0.4 is 5.32 Å². The quantitative estimate of drug-likeness (QED) is 0.528. The number of thioether (sulfide) groups is 1. The first-order valence-electron chi connectivity index (χ1n) is 7.27. The van der Waals surface area contributed by atoms with Crippen LogP contribution in [-0.4, -0.2) is 36.6 Å². The second-order valence-corrected chi connectivity index (χ2v) is 7.78. The van der Waals surface area contributed by atoms with E-state index in [1.54, 1.807) is 16.8 Å². The Bertz CT molecular complexity index is 1020. The molecule has 126 valence electrons. The average molecular weight is 389 g/mol. The number of anilines is 1. The maximum absolute atomic E-state index is 12.0. The molecule has 0 aliphatic rings. The van der Waals surface area contributed by atoms with Gasteiger partial charge in [0.1, 0.15) is 5.51 Å². The molecule has 0 aliphatic heterocycles. The molecule has 0 radical (unpaired) electrons. The standard InChI is InChI=1S/C15H12N6OS3/c1-21-13(10-6-23-11-5-3-2-4-9(10)11)18-20-15(21)24-7-12(22)17-14-19-16-8-25-14/h2-6,8H,7H2,1H3,(H,17,19,22). The highest BCUT2D eigenvalue weighted by molar-refractivity contribution is 7.99. The molecule has 25 heavy (non-hydrogen) atoms. The second kappa shape index (κ2) is 6.90. The van der Waals surface area contributed by atoms with Crippen molar-refractivity contribution in [2.75, 3.05) is 11.1 Å². The Morgan fingerprint density at radius 2 is 2.12 bits per heavy atom. The lowest BCUT2D eigenvalue weighted by molar-refractivity contribution is -0.113. The number of rotatable bonds is 5. The number of nitrogens with one attached hydrogen (secondary N) is 1. The van der Waals surface area contributed by atoms with Crippen LogP contribution in [0.25, 0.3) is 21.5 Å². The summed E-state index contributed by atoms with van der Waals surface area (Å²) in [6, 6.07) is 8.21. The van der Waals surface area contributed by atoms with Crippen molar-refractivity contribution < 1.29 is 4.79 Å². The van der Waals surface area contributed by atoms with Crippen LogP contribution >= 0.6 is 34.4 Å². The van der Waals surface area contributed by atoms with E-state index >= 15 is 0 Å². The lowest BCUT2D eigenvalue weighted by Gasteiger charge is -2.03. The van der Waals surface area contributed by atoms with Crippen LogP contribution in [0.2, 0.25) is 0 Å². The average Bonchev–Trinajstić information content (AvgIpc) is 3.33. The molecule has 10 heteroatoms. The molecule has 1 N–H and O–H groups in total. The molecule has 4 rings (SSSR count). The van der Waals surface area contributed by atoms with Gasteiger partial charge in [0, 0.05) is 28.1 Å². The maximum atomic E-state index is 12.0. The van der Waals surface area contributed by atoms with E-state index in [2.05, 4.69) is 43.2 Å². The van der Waals surface area contributed by atoms with Gasteiger partial charge in [0.2, 0.25) is 11.0 Å². The molecule has 0 spiro atoms. The molecular weight excluding hydrogens is 376 g/mol. The summed E-state index contributed by atoms with van der Waals surface area (Å²) in [5, 5.41) is 23.1. The molecule has 4 aromatic rings. The van der Waals surface area contributed by atoms with Crippen molar-refractivity contribution in [1.29, 1.82) is 0 Å². The predicted octanol–water partition coefficient (Wildman–Crippen LogP) is 3.28. The van der Waals surface area contributed by atoms with Gasteiger partial charge in [-0.15, -0.1) is 31.7 Å². The Balaban J connectivity index is 1.50. The Kier molecular flexibility index (Phi) is 4.47. The van der Waals surface area contributed by atoms with E-state index in [0.29, 0.717) is 10.3 Å². The van der Waals surface area contributed by atoms with Crippen molar-refractivity contribution in [3.8, 4) is 11.4 Å². The Labute approximate surface area is 155 Å². The third kappa shape index (κ3) is 3.28. The third-order valence-corrected chi connectivity index (χ3v) is 6.09. The number of carbonyl (C=O) groups is 1. The number of nitrogens with zero attached hydrogens (tertiary/aromatic N) is 5. The predicted molar refractivity (Wildman–Crippen MR) is 101 cm³/mol. The first-order chi connectivity index (χ1) is 12.2. The van der Waals surface area contributed by atoms with Gasteiger partial charge in [-0.2, -0.15) is 0 Å². The largest absolute Gasteiger partial charge is 0.305 e. The summed E-state index contributed by atoms with van der Waals surface area (Å²) in [4.78, 5) is 12.0. The molecule has 0 aliphatic carbocycles. The number of thiophene rings is 1. The molecule has 7 nitrogen and oxygen atoms in total. The van der Waals surface area contributed by atoms with Crippen LogP contribution in [0.15, 0.2) is 40.3 Å². The van der Waals surface area contributed by atoms with E-state index < -0.39 is 0 Å². The molecular formula is C15H12N6OS3. The summed E-state index contributed by atoms with van der Waals surface area (Å²) in [7, 11) is 1.91. The molecule has 0 saturated carbocycles. The summed E-state index contributed by atoms with van der Waals surface area (Å²) in [5.41, 5.74) is 2.63. The van der Waals surface area contributed by atoms with Gasteiger partial charge < -0.3 is 4.57 Å². The van der Waals surface area contributed by atoms with Gasteiger partial charge in [-0.3, -0.25) is 10.1 Å². The van der Waals surface area contributed by atoms with Crippen LogP contribution in [0.1, 0.15) is 0 Å². The fourth-order valence-corrected chi connectivity index (χ4v) is 4.45. The van der Waals surface area contributed by atoms with E-state index in [9.17, 15) is 4.79 Å². The molecule has 3 aromatic heterocycles. The van der Waals surface area contributed by atoms with Crippen LogP contribution in [-0.2, 0) is 11.8 Å². The highest BCUT2D eigenvalue weighted by Gasteiger charge is 2.16. The van der Waals surface area contributed by atoms with Crippen molar-refractivity contribution in [3.63, 3.8) is 0 Å². The monoisotopic (exact) mass is 388 g/mol. The number of carbonyl (C=O) groups excluding carboxylic acids is 1. The summed E-state index contributed by atoms with van der Waals surface area (Å²) in [6.45, 7) is 0. The fraction of sp³-hybridized carbons (Fsp3) is 0.133. The molecule has 1 aromatic carbocycles. The van der Waals surface area contributed by atoms with Crippen molar-refractivity contribution in [3.05, 3.63) is 35.2 Å². The highest BCUT2D eigenvalue weighted by Crippen LogP contribution is 2.33. The lowest BCUT2D eigenvalue weighted by Crippen LogP contribution is -2.14. The van der Waals surface area contributed by atoms with Crippen molar-refractivity contribution in [1.82, 2.24) is 25.0 Å². The minimum absolute atomic E-state index is 0.146. The van der Waals surface area contributed by atoms with E-state index in [4.69, 9.17) is 0 Å². The van der Waals surface area contributed by atoms with Gasteiger partial charge in [-0.1, -0.05) is 41.3 Å². The zero-order valence-corrected chi connectivity index (χ0v) is 15.5. The topological polar surface area (TPSA) is 85.6 Å². The SMILES string of the molecule is Cn1c(SCC(=O)Nc2nncs2)nnc1-c1csc2ccccc12. The van der Waals surface area contributed by atoms with E-state index in [1.165, 1.54) is 27.8 Å². The van der Waals surface area contributed by atoms with Crippen LogP contribution in [0.5, 0.6) is 0 Å². The summed E-state index contributed by atoms with van der Waals surface area (Å²) >= 11 is 4.31. The van der Waals surface area contributed by atoms with Crippen LogP contribution in [0.4, 0.5) is 5.13 Å². The van der Waals surface area contributed by atoms with E-state index in [-0.39, 0.29) is 11.7 Å². The summed E-state index contributed by atoms with van der Waals surface area (Å²) < 4.78 is 3.13. The number of fused-ring (bicyclic) bond motifs is 1. The number of benzene rings is 1. The van der Waals surface area contributed by atoms with E-state index in [0.717, 1.165) is 16.8 Å². The molecule has 0 unspecified atom stereocenters. The zero-order valence-electron chi connectivity index (χ0n) is 13.0. The molecule has 3 heterocycles. The van der Waals surface area contributed by atoms with Crippen molar-refractivity contribution >= 4 is 55.6 Å². The first-order valence-corrected chi connectivity index (χ1v) is 10.0. The van der Waals surface area contributed by atoms with Crippen molar-refractivity contribution in [2.45, 2.75) is 5.16 Å². The van der Waals surface area contributed by atoms with Crippen LogP contribution in [0, 0.1) is 0 Å².